The van der Waals surface area contributed by atoms with Gasteiger partial charge in [0.25, 0.3) is 0 Å². The molecule has 0 heterocycles. The lowest BCUT2D eigenvalue weighted by Gasteiger charge is -2.29. The van der Waals surface area contributed by atoms with Crippen LogP contribution in [0, 0.1) is 0 Å². The van der Waals surface area contributed by atoms with Gasteiger partial charge in [-0.2, -0.15) is 5.06 Å². The summed E-state index contributed by atoms with van der Waals surface area (Å²) in [5.41, 5.74) is -0.0608. The summed E-state index contributed by atoms with van der Waals surface area (Å²) in [6.45, 7) is 10.4. The van der Waals surface area contributed by atoms with Crippen molar-refractivity contribution in [2.24, 2.45) is 0 Å². The molecule has 0 aromatic rings. The van der Waals surface area contributed by atoms with Gasteiger partial charge in [-0.1, -0.05) is 33.6 Å². The molecular formula is C10H25NO. The van der Waals surface area contributed by atoms with Crippen molar-refractivity contribution >= 4 is 0 Å². The van der Waals surface area contributed by atoms with Crippen molar-refractivity contribution in [1.29, 1.82) is 0 Å². The van der Waals surface area contributed by atoms with E-state index in [4.69, 9.17) is 5.21 Å². The number of hydrogen-bond acceptors (Lipinski definition) is 2. The average molecular weight is 175 g/mol. The highest BCUT2D eigenvalue weighted by atomic mass is 16.5. The standard InChI is InChI=1S/C7H17NO.C3H8/c1-5-6-7(2,3)8(4)9;1-3-2/h9H,5-6H2,1-4H3;3H2,1-2H3. The Balaban J connectivity index is 0. The minimum Gasteiger partial charge on any atom is -0.314 e. The predicted molar refractivity (Wildman–Crippen MR) is 54.5 cm³/mol. The van der Waals surface area contributed by atoms with Gasteiger partial charge in [0.15, 0.2) is 0 Å². The fourth-order valence-corrected chi connectivity index (χ4v) is 0.774. The predicted octanol–water partition coefficient (Wildman–Crippen LogP) is 3.30. The van der Waals surface area contributed by atoms with E-state index in [0.29, 0.717) is 0 Å². The Morgan fingerprint density at radius 1 is 1.17 bits per heavy atom. The van der Waals surface area contributed by atoms with Crippen LogP contribution in [-0.2, 0) is 0 Å². The normalized spacial score (nSPS) is 11.0. The van der Waals surface area contributed by atoms with Gasteiger partial charge in [0, 0.05) is 12.6 Å². The van der Waals surface area contributed by atoms with Crippen molar-refractivity contribution < 1.29 is 5.21 Å². The van der Waals surface area contributed by atoms with Crippen molar-refractivity contribution in [3.05, 3.63) is 0 Å². The third kappa shape index (κ3) is 8.02. The molecule has 0 aliphatic heterocycles. The van der Waals surface area contributed by atoms with Gasteiger partial charge in [0.05, 0.1) is 0 Å². The van der Waals surface area contributed by atoms with E-state index in [1.807, 2.05) is 13.8 Å². The first kappa shape index (κ1) is 14.4. The van der Waals surface area contributed by atoms with Crippen molar-refractivity contribution in [2.45, 2.75) is 59.4 Å². The SMILES string of the molecule is CCC.CCCC(C)(C)N(C)O. The third-order valence-electron chi connectivity index (χ3n) is 1.74. The van der Waals surface area contributed by atoms with Gasteiger partial charge in [0.2, 0.25) is 0 Å². The lowest BCUT2D eigenvalue weighted by molar-refractivity contribution is -0.142. The first-order valence-corrected chi connectivity index (χ1v) is 4.85. The Bertz CT molecular complexity index is 89.8. The van der Waals surface area contributed by atoms with E-state index in [1.165, 1.54) is 11.5 Å². The fraction of sp³-hybridized carbons (Fsp3) is 1.00. The van der Waals surface area contributed by atoms with Crippen LogP contribution in [0.3, 0.4) is 0 Å². The molecule has 1 N–H and O–H groups in total. The first-order chi connectivity index (χ1) is 5.42. The Morgan fingerprint density at radius 3 is 1.58 bits per heavy atom. The van der Waals surface area contributed by atoms with Crippen LogP contribution in [0.4, 0.5) is 0 Å². The lowest BCUT2D eigenvalue weighted by Crippen LogP contribution is -2.38. The average Bonchev–Trinajstić information content (AvgIpc) is 1.88. The second-order valence-corrected chi connectivity index (χ2v) is 3.79. The van der Waals surface area contributed by atoms with E-state index in [2.05, 4.69) is 20.8 Å². The Labute approximate surface area is 77.5 Å². The summed E-state index contributed by atoms with van der Waals surface area (Å²) in [7, 11) is 1.69. The molecule has 0 rings (SSSR count). The van der Waals surface area contributed by atoms with Crippen LogP contribution in [0.2, 0.25) is 0 Å². The van der Waals surface area contributed by atoms with Gasteiger partial charge < -0.3 is 5.21 Å². The van der Waals surface area contributed by atoms with Crippen LogP contribution in [0.15, 0.2) is 0 Å². The summed E-state index contributed by atoms with van der Waals surface area (Å²) in [6, 6.07) is 0. The van der Waals surface area contributed by atoms with Crippen molar-refractivity contribution in [3.8, 4) is 0 Å². The zero-order valence-corrected chi connectivity index (χ0v) is 9.52. The van der Waals surface area contributed by atoms with Crippen LogP contribution >= 0.6 is 0 Å². The van der Waals surface area contributed by atoms with E-state index in [-0.39, 0.29) is 5.54 Å². The van der Waals surface area contributed by atoms with E-state index >= 15 is 0 Å². The molecule has 0 aromatic carbocycles. The molecule has 0 unspecified atom stereocenters. The van der Waals surface area contributed by atoms with Crippen LogP contribution in [0.5, 0.6) is 0 Å². The molecule has 0 saturated heterocycles. The molecule has 0 aliphatic carbocycles. The highest BCUT2D eigenvalue weighted by molar-refractivity contribution is 4.72. The Morgan fingerprint density at radius 2 is 1.50 bits per heavy atom. The second-order valence-electron chi connectivity index (χ2n) is 3.79. The second kappa shape index (κ2) is 7.56. The largest absolute Gasteiger partial charge is 0.314 e. The van der Waals surface area contributed by atoms with Crippen LogP contribution < -0.4 is 0 Å². The topological polar surface area (TPSA) is 23.5 Å². The fourth-order valence-electron chi connectivity index (χ4n) is 0.774. The molecule has 0 atom stereocenters. The Hall–Kier alpha value is -0.0800. The minimum absolute atomic E-state index is 0.0608. The minimum atomic E-state index is -0.0608. The number of hydrogen-bond donors (Lipinski definition) is 1. The van der Waals surface area contributed by atoms with Gasteiger partial charge in [-0.05, 0) is 20.3 Å². The maximum atomic E-state index is 9.04. The van der Waals surface area contributed by atoms with Gasteiger partial charge in [0.1, 0.15) is 0 Å². The summed E-state index contributed by atoms with van der Waals surface area (Å²) in [5.74, 6) is 0. The molecule has 0 saturated carbocycles. The smallest absolute Gasteiger partial charge is 0.0401 e. The molecule has 0 spiro atoms. The third-order valence-corrected chi connectivity index (χ3v) is 1.74. The van der Waals surface area contributed by atoms with E-state index < -0.39 is 0 Å². The maximum Gasteiger partial charge on any atom is 0.0401 e. The molecule has 0 radical (unpaired) electrons. The van der Waals surface area contributed by atoms with Gasteiger partial charge in [-0.15, -0.1) is 0 Å². The molecule has 0 bridgehead atoms. The number of rotatable bonds is 3. The van der Waals surface area contributed by atoms with E-state index in [1.54, 1.807) is 7.05 Å². The highest BCUT2D eigenvalue weighted by Gasteiger charge is 2.19. The maximum absolute atomic E-state index is 9.04. The first-order valence-electron chi connectivity index (χ1n) is 4.85. The van der Waals surface area contributed by atoms with Gasteiger partial charge in [-0.25, -0.2) is 0 Å². The number of hydroxylamine groups is 2. The molecule has 0 aliphatic rings. The summed E-state index contributed by atoms with van der Waals surface area (Å²) < 4.78 is 0. The molecule has 0 aromatic heterocycles. The Kier molecular flexibility index (Phi) is 9.10. The quantitative estimate of drug-likeness (QED) is 0.665. The monoisotopic (exact) mass is 175 g/mol. The molecule has 76 valence electrons. The summed E-state index contributed by atoms with van der Waals surface area (Å²) >= 11 is 0. The van der Waals surface area contributed by atoms with Crippen molar-refractivity contribution in [2.75, 3.05) is 7.05 Å². The summed E-state index contributed by atoms with van der Waals surface area (Å²) in [5, 5.41) is 10.3. The zero-order valence-electron chi connectivity index (χ0n) is 9.52. The van der Waals surface area contributed by atoms with Crippen LogP contribution in [0.25, 0.3) is 0 Å². The molecule has 2 heteroatoms. The van der Waals surface area contributed by atoms with Gasteiger partial charge >= 0.3 is 0 Å². The van der Waals surface area contributed by atoms with Crippen molar-refractivity contribution in [1.82, 2.24) is 5.06 Å². The van der Waals surface area contributed by atoms with E-state index in [9.17, 15) is 0 Å². The molecule has 0 fully saturated rings. The number of nitrogens with zero attached hydrogens (tertiary/aromatic N) is 1. The summed E-state index contributed by atoms with van der Waals surface area (Å²) in [4.78, 5) is 0. The lowest BCUT2D eigenvalue weighted by atomic mass is 9.99. The van der Waals surface area contributed by atoms with Crippen LogP contribution in [0.1, 0.15) is 53.9 Å². The van der Waals surface area contributed by atoms with Crippen molar-refractivity contribution in [3.63, 3.8) is 0 Å². The van der Waals surface area contributed by atoms with Crippen LogP contribution in [-0.4, -0.2) is 22.9 Å². The zero-order chi connectivity index (χ0) is 10.2. The molecular weight excluding hydrogens is 150 g/mol. The van der Waals surface area contributed by atoms with E-state index in [0.717, 1.165) is 12.8 Å². The molecule has 12 heavy (non-hydrogen) atoms. The molecule has 0 amide bonds. The molecule has 2 nitrogen and oxygen atoms in total. The highest BCUT2D eigenvalue weighted by Crippen LogP contribution is 2.15. The van der Waals surface area contributed by atoms with Gasteiger partial charge in [-0.3, -0.25) is 0 Å². The summed E-state index contributed by atoms with van der Waals surface area (Å²) in [6.07, 6.45) is 3.39.